The molecule has 3 heteroatoms. The van der Waals surface area contributed by atoms with Crippen LogP contribution in [0.2, 0.25) is 0 Å². The number of aryl methyl sites for hydroxylation is 1. The van der Waals surface area contributed by atoms with E-state index in [0.29, 0.717) is 0 Å². The average Bonchev–Trinajstić information content (AvgIpc) is 3.04. The molecule has 2 bridgehead atoms. The van der Waals surface area contributed by atoms with Gasteiger partial charge in [-0.3, -0.25) is 0 Å². The van der Waals surface area contributed by atoms with Gasteiger partial charge in [-0.1, -0.05) is 6.42 Å². The molecule has 2 fully saturated rings. The van der Waals surface area contributed by atoms with Crippen molar-refractivity contribution in [2.75, 3.05) is 0 Å². The fourth-order valence-electron chi connectivity index (χ4n) is 4.01. The van der Waals surface area contributed by atoms with Crippen LogP contribution in [-0.4, -0.2) is 9.55 Å². The first-order valence-corrected chi connectivity index (χ1v) is 7.04. The lowest BCUT2D eigenvalue weighted by molar-refractivity contribution is 0.291. The summed E-state index contributed by atoms with van der Waals surface area (Å²) in [6, 6.07) is 0.134. The first-order chi connectivity index (χ1) is 8.28. The number of nitrogens with two attached hydrogens (primary N) is 1. The van der Waals surface area contributed by atoms with E-state index in [1.165, 1.54) is 25.7 Å². The third kappa shape index (κ3) is 2.01. The van der Waals surface area contributed by atoms with E-state index >= 15 is 0 Å². The van der Waals surface area contributed by atoms with Crippen molar-refractivity contribution in [3.05, 3.63) is 18.2 Å². The normalized spacial score (nSPS) is 33.2. The molecule has 0 aromatic carbocycles. The Morgan fingerprint density at radius 2 is 2.35 bits per heavy atom. The second-order valence-electron chi connectivity index (χ2n) is 5.85. The SMILES string of the molecule is CCn1ccnc1C(N)CC1CC2CCC1C2. The van der Waals surface area contributed by atoms with Gasteiger partial charge in [0.15, 0.2) is 0 Å². The number of fused-ring (bicyclic) bond motifs is 2. The van der Waals surface area contributed by atoms with Crippen LogP contribution in [0.5, 0.6) is 0 Å². The molecular weight excluding hydrogens is 210 g/mol. The van der Waals surface area contributed by atoms with Crippen LogP contribution in [0.15, 0.2) is 12.4 Å². The second-order valence-corrected chi connectivity index (χ2v) is 5.85. The zero-order valence-electron chi connectivity index (χ0n) is 10.7. The Hall–Kier alpha value is -0.830. The zero-order valence-corrected chi connectivity index (χ0v) is 10.7. The first-order valence-electron chi connectivity index (χ1n) is 7.04. The van der Waals surface area contributed by atoms with Crippen LogP contribution in [0, 0.1) is 17.8 Å². The molecule has 2 saturated carbocycles. The van der Waals surface area contributed by atoms with Crippen molar-refractivity contribution in [1.29, 1.82) is 0 Å². The first kappa shape index (κ1) is 11.3. The lowest BCUT2D eigenvalue weighted by Crippen LogP contribution is -2.22. The fourth-order valence-corrected chi connectivity index (χ4v) is 4.01. The predicted octanol–water partition coefficient (Wildman–Crippen LogP) is 2.73. The van der Waals surface area contributed by atoms with E-state index in [1.54, 1.807) is 0 Å². The summed E-state index contributed by atoms with van der Waals surface area (Å²) in [5, 5.41) is 0. The molecule has 2 aliphatic carbocycles. The highest BCUT2D eigenvalue weighted by molar-refractivity contribution is 5.01. The van der Waals surface area contributed by atoms with Gasteiger partial charge in [0.05, 0.1) is 6.04 Å². The van der Waals surface area contributed by atoms with E-state index in [0.717, 1.165) is 36.5 Å². The maximum Gasteiger partial charge on any atom is 0.125 e. The molecule has 2 aliphatic rings. The average molecular weight is 233 g/mol. The largest absolute Gasteiger partial charge is 0.334 e. The van der Waals surface area contributed by atoms with Gasteiger partial charge in [0.25, 0.3) is 0 Å². The molecule has 1 aromatic heterocycles. The molecule has 4 unspecified atom stereocenters. The van der Waals surface area contributed by atoms with Gasteiger partial charge in [-0.05, 0) is 50.4 Å². The Labute approximate surface area is 103 Å². The summed E-state index contributed by atoms with van der Waals surface area (Å²) < 4.78 is 2.18. The smallest absolute Gasteiger partial charge is 0.125 e. The Morgan fingerprint density at radius 3 is 3.00 bits per heavy atom. The Morgan fingerprint density at radius 1 is 1.47 bits per heavy atom. The Kier molecular flexibility index (Phi) is 2.95. The number of aromatic nitrogens is 2. The van der Waals surface area contributed by atoms with Crippen molar-refractivity contribution in [1.82, 2.24) is 9.55 Å². The van der Waals surface area contributed by atoms with E-state index in [4.69, 9.17) is 5.73 Å². The summed E-state index contributed by atoms with van der Waals surface area (Å²) in [6.07, 6.45) is 10.9. The van der Waals surface area contributed by atoms with Gasteiger partial charge < -0.3 is 10.3 Å². The van der Waals surface area contributed by atoms with Crippen LogP contribution in [0.3, 0.4) is 0 Å². The predicted molar refractivity (Wildman–Crippen MR) is 68.4 cm³/mol. The molecule has 1 aromatic rings. The van der Waals surface area contributed by atoms with Crippen molar-refractivity contribution in [3.63, 3.8) is 0 Å². The van der Waals surface area contributed by atoms with Crippen LogP contribution < -0.4 is 5.73 Å². The molecule has 2 N–H and O–H groups in total. The maximum absolute atomic E-state index is 6.34. The Bertz CT molecular complexity index is 385. The Balaban J connectivity index is 1.65. The molecule has 0 saturated heterocycles. The molecule has 3 nitrogen and oxygen atoms in total. The van der Waals surface area contributed by atoms with Crippen LogP contribution >= 0.6 is 0 Å². The number of hydrogen-bond donors (Lipinski definition) is 1. The van der Waals surface area contributed by atoms with Crippen LogP contribution in [-0.2, 0) is 6.54 Å². The van der Waals surface area contributed by atoms with Crippen molar-refractivity contribution in [2.24, 2.45) is 23.5 Å². The molecule has 1 heterocycles. The molecule has 3 rings (SSSR count). The zero-order chi connectivity index (χ0) is 11.8. The van der Waals surface area contributed by atoms with Gasteiger partial charge in [0.1, 0.15) is 5.82 Å². The minimum atomic E-state index is 0.134. The van der Waals surface area contributed by atoms with E-state index < -0.39 is 0 Å². The summed E-state index contributed by atoms with van der Waals surface area (Å²) in [7, 11) is 0. The second kappa shape index (κ2) is 4.45. The third-order valence-corrected chi connectivity index (χ3v) is 4.86. The van der Waals surface area contributed by atoms with Gasteiger partial charge in [-0.15, -0.1) is 0 Å². The summed E-state index contributed by atoms with van der Waals surface area (Å²) in [5.41, 5.74) is 6.34. The summed E-state index contributed by atoms with van der Waals surface area (Å²) >= 11 is 0. The fraction of sp³-hybridized carbons (Fsp3) is 0.786. The summed E-state index contributed by atoms with van der Waals surface area (Å²) in [5.74, 6) is 3.93. The quantitative estimate of drug-likeness (QED) is 0.869. The van der Waals surface area contributed by atoms with Crippen LogP contribution in [0.4, 0.5) is 0 Å². The van der Waals surface area contributed by atoms with E-state index in [1.807, 2.05) is 12.4 Å². The van der Waals surface area contributed by atoms with Gasteiger partial charge in [-0.2, -0.15) is 0 Å². The molecule has 0 amide bonds. The minimum absolute atomic E-state index is 0.134. The van der Waals surface area contributed by atoms with Crippen LogP contribution in [0.1, 0.15) is 50.9 Å². The molecule has 0 aliphatic heterocycles. The maximum atomic E-state index is 6.34. The van der Waals surface area contributed by atoms with Crippen molar-refractivity contribution < 1.29 is 0 Å². The van der Waals surface area contributed by atoms with E-state index in [9.17, 15) is 0 Å². The number of hydrogen-bond acceptors (Lipinski definition) is 2. The van der Waals surface area contributed by atoms with Gasteiger partial charge in [0.2, 0.25) is 0 Å². The van der Waals surface area contributed by atoms with Gasteiger partial charge in [0, 0.05) is 18.9 Å². The molecular formula is C14H23N3. The lowest BCUT2D eigenvalue weighted by atomic mass is 9.84. The lowest BCUT2D eigenvalue weighted by Gasteiger charge is -2.24. The highest BCUT2D eigenvalue weighted by Gasteiger charge is 2.40. The number of rotatable bonds is 4. The molecule has 0 radical (unpaired) electrons. The van der Waals surface area contributed by atoms with E-state index in [-0.39, 0.29) is 6.04 Å². The minimum Gasteiger partial charge on any atom is -0.334 e. The highest BCUT2D eigenvalue weighted by Crippen LogP contribution is 2.50. The molecule has 4 atom stereocenters. The standard InChI is InChI=1S/C14H23N3/c1-2-17-6-5-16-14(17)13(15)9-12-8-10-3-4-11(12)7-10/h5-6,10-13H,2-4,7-9,15H2,1H3. The monoisotopic (exact) mass is 233 g/mol. The van der Waals surface area contributed by atoms with E-state index in [2.05, 4.69) is 16.5 Å². The highest BCUT2D eigenvalue weighted by atomic mass is 15.1. The molecule has 0 spiro atoms. The van der Waals surface area contributed by atoms with Gasteiger partial charge >= 0.3 is 0 Å². The number of imidazole rings is 1. The molecule has 17 heavy (non-hydrogen) atoms. The third-order valence-electron chi connectivity index (χ3n) is 4.86. The molecule has 94 valence electrons. The van der Waals surface area contributed by atoms with Crippen molar-refractivity contribution in [3.8, 4) is 0 Å². The summed E-state index contributed by atoms with van der Waals surface area (Å²) in [6.45, 7) is 3.12. The van der Waals surface area contributed by atoms with Crippen molar-refractivity contribution >= 4 is 0 Å². The van der Waals surface area contributed by atoms with Crippen molar-refractivity contribution in [2.45, 2.75) is 51.6 Å². The topological polar surface area (TPSA) is 43.8 Å². The number of nitrogens with zero attached hydrogens (tertiary/aromatic N) is 2. The van der Waals surface area contributed by atoms with Crippen LogP contribution in [0.25, 0.3) is 0 Å². The summed E-state index contributed by atoms with van der Waals surface area (Å²) in [4.78, 5) is 4.43. The van der Waals surface area contributed by atoms with Gasteiger partial charge in [-0.25, -0.2) is 4.98 Å².